The van der Waals surface area contributed by atoms with Crippen molar-refractivity contribution in [3.8, 4) is 0 Å². The molecule has 0 atom stereocenters. The maximum Gasteiger partial charge on any atom is 0.109 e. The first-order valence-electron chi connectivity index (χ1n) is 5.81. The third kappa shape index (κ3) is 2.46. The zero-order valence-electron chi connectivity index (χ0n) is 10.0. The van der Waals surface area contributed by atoms with Crippen LogP contribution in [0.5, 0.6) is 0 Å². The Labute approximate surface area is 124 Å². The van der Waals surface area contributed by atoms with Gasteiger partial charge in [-0.1, -0.05) is 52.0 Å². The van der Waals surface area contributed by atoms with E-state index < -0.39 is 0 Å². The van der Waals surface area contributed by atoms with Crippen LogP contribution in [0.2, 0.25) is 0 Å². The lowest BCUT2D eigenvalue weighted by Crippen LogP contribution is -1.89. The van der Waals surface area contributed by atoms with Crippen LogP contribution in [0.25, 0.3) is 10.8 Å². The molecule has 3 rings (SSSR count). The van der Waals surface area contributed by atoms with Crippen molar-refractivity contribution in [3.63, 3.8) is 0 Å². The molecule has 2 aromatic carbocycles. The van der Waals surface area contributed by atoms with E-state index in [0.29, 0.717) is 0 Å². The molecular weight excluding hydrogens is 320 g/mol. The number of benzene rings is 2. The number of nitrogens with zero attached hydrogens (tertiary/aromatic N) is 1. The van der Waals surface area contributed by atoms with Crippen molar-refractivity contribution in [1.82, 2.24) is 4.98 Å². The van der Waals surface area contributed by atoms with Crippen LogP contribution in [0.3, 0.4) is 0 Å². The zero-order valence-corrected chi connectivity index (χ0v) is 12.4. The maximum absolute atomic E-state index is 5.98. The number of aromatic nitrogens is 1. The van der Waals surface area contributed by atoms with Gasteiger partial charge in [0.1, 0.15) is 5.03 Å². The molecule has 0 amide bonds. The summed E-state index contributed by atoms with van der Waals surface area (Å²) in [4.78, 5) is 5.50. The summed E-state index contributed by atoms with van der Waals surface area (Å²) in [6.07, 6.45) is 1.83. The molecule has 0 unspecified atom stereocenters. The van der Waals surface area contributed by atoms with Crippen molar-refractivity contribution in [3.05, 3.63) is 59.2 Å². The molecular formula is C15H11BrN2S. The Morgan fingerprint density at radius 2 is 1.79 bits per heavy atom. The van der Waals surface area contributed by atoms with Gasteiger partial charge in [-0.3, -0.25) is 0 Å². The van der Waals surface area contributed by atoms with Gasteiger partial charge in [0, 0.05) is 32.0 Å². The Morgan fingerprint density at radius 3 is 2.63 bits per heavy atom. The van der Waals surface area contributed by atoms with Gasteiger partial charge in [-0.25, -0.2) is 4.98 Å². The van der Waals surface area contributed by atoms with E-state index in [2.05, 4.69) is 27.0 Å². The first-order chi connectivity index (χ1) is 9.25. The fraction of sp³-hybridized carbons (Fsp3) is 0. The van der Waals surface area contributed by atoms with Gasteiger partial charge in [0.15, 0.2) is 0 Å². The predicted octanol–water partition coefficient (Wildman–Crippen LogP) is 4.73. The number of fused-ring (bicyclic) bond motifs is 1. The highest BCUT2D eigenvalue weighted by atomic mass is 79.9. The second-order valence-corrected chi connectivity index (χ2v) is 5.98. The molecule has 0 fully saturated rings. The topological polar surface area (TPSA) is 38.9 Å². The Balaban J connectivity index is 2.12. The molecule has 0 aliphatic carbocycles. The molecule has 0 saturated heterocycles. The molecule has 0 saturated carbocycles. The second-order valence-electron chi connectivity index (χ2n) is 4.09. The molecule has 1 aromatic heterocycles. The van der Waals surface area contributed by atoms with Crippen LogP contribution in [0, 0.1) is 0 Å². The number of halogens is 1. The van der Waals surface area contributed by atoms with Crippen molar-refractivity contribution < 1.29 is 0 Å². The SMILES string of the molecule is Nc1ccccc1Sc1nccc2c(Br)cccc12. The second kappa shape index (κ2) is 5.23. The van der Waals surface area contributed by atoms with E-state index in [1.807, 2.05) is 48.7 Å². The molecule has 1 heterocycles. The third-order valence-corrected chi connectivity index (χ3v) is 4.64. The average molecular weight is 331 g/mol. The number of nitrogen functional groups attached to an aromatic ring is 1. The Bertz CT molecular complexity index is 743. The highest BCUT2D eigenvalue weighted by molar-refractivity contribution is 9.10. The number of hydrogen-bond donors (Lipinski definition) is 1. The minimum Gasteiger partial charge on any atom is -0.398 e. The predicted molar refractivity (Wildman–Crippen MR) is 84.4 cm³/mol. The van der Waals surface area contributed by atoms with E-state index in [0.717, 1.165) is 30.9 Å². The lowest BCUT2D eigenvalue weighted by molar-refractivity contribution is 1.17. The lowest BCUT2D eigenvalue weighted by atomic mass is 10.2. The first kappa shape index (κ1) is 12.5. The van der Waals surface area contributed by atoms with Crippen molar-refractivity contribution >= 4 is 44.2 Å². The summed E-state index contributed by atoms with van der Waals surface area (Å²) in [6.45, 7) is 0. The summed E-state index contributed by atoms with van der Waals surface area (Å²) in [5, 5.41) is 3.26. The number of para-hydroxylation sites is 1. The third-order valence-electron chi connectivity index (χ3n) is 2.84. The van der Waals surface area contributed by atoms with Gasteiger partial charge in [-0.2, -0.15) is 0 Å². The smallest absolute Gasteiger partial charge is 0.109 e. The van der Waals surface area contributed by atoms with Crippen LogP contribution in [0.15, 0.2) is 69.1 Å². The van der Waals surface area contributed by atoms with E-state index in [9.17, 15) is 0 Å². The van der Waals surface area contributed by atoms with Gasteiger partial charge in [0.2, 0.25) is 0 Å². The number of rotatable bonds is 2. The molecule has 94 valence electrons. The monoisotopic (exact) mass is 330 g/mol. The Morgan fingerprint density at radius 1 is 0.947 bits per heavy atom. The Kier molecular flexibility index (Phi) is 3.44. The van der Waals surface area contributed by atoms with Crippen molar-refractivity contribution in [2.45, 2.75) is 9.92 Å². The number of nitrogens with two attached hydrogens (primary N) is 1. The van der Waals surface area contributed by atoms with Crippen LogP contribution in [-0.2, 0) is 0 Å². The molecule has 3 aromatic rings. The van der Waals surface area contributed by atoms with Gasteiger partial charge in [-0.05, 0) is 24.3 Å². The van der Waals surface area contributed by atoms with E-state index in [1.165, 1.54) is 0 Å². The molecule has 4 heteroatoms. The number of hydrogen-bond acceptors (Lipinski definition) is 3. The van der Waals surface area contributed by atoms with Crippen LogP contribution in [0.4, 0.5) is 5.69 Å². The normalized spacial score (nSPS) is 10.8. The zero-order chi connectivity index (χ0) is 13.2. The van der Waals surface area contributed by atoms with Crippen molar-refractivity contribution in [1.29, 1.82) is 0 Å². The summed E-state index contributed by atoms with van der Waals surface area (Å²) >= 11 is 5.16. The quantitative estimate of drug-likeness (QED) is 0.690. The molecule has 19 heavy (non-hydrogen) atoms. The molecule has 0 bridgehead atoms. The summed E-state index contributed by atoms with van der Waals surface area (Å²) in [5.41, 5.74) is 6.76. The fourth-order valence-electron chi connectivity index (χ4n) is 1.90. The van der Waals surface area contributed by atoms with Gasteiger partial charge in [0.05, 0.1) is 0 Å². The fourth-order valence-corrected chi connectivity index (χ4v) is 3.34. The lowest BCUT2D eigenvalue weighted by Gasteiger charge is -2.08. The average Bonchev–Trinajstić information content (AvgIpc) is 2.42. The summed E-state index contributed by atoms with van der Waals surface area (Å²) in [5.74, 6) is 0. The largest absolute Gasteiger partial charge is 0.398 e. The van der Waals surface area contributed by atoms with Gasteiger partial charge < -0.3 is 5.73 Å². The highest BCUT2D eigenvalue weighted by Gasteiger charge is 2.07. The van der Waals surface area contributed by atoms with E-state index in [-0.39, 0.29) is 0 Å². The first-order valence-corrected chi connectivity index (χ1v) is 7.42. The Hall–Kier alpha value is -1.52. The van der Waals surface area contributed by atoms with Crippen LogP contribution >= 0.6 is 27.7 Å². The van der Waals surface area contributed by atoms with Crippen LogP contribution in [-0.4, -0.2) is 4.98 Å². The van der Waals surface area contributed by atoms with Crippen LogP contribution in [0.1, 0.15) is 0 Å². The highest BCUT2D eigenvalue weighted by Crippen LogP contribution is 2.36. The minimum atomic E-state index is 0.779. The summed E-state index contributed by atoms with van der Waals surface area (Å²) in [7, 11) is 0. The maximum atomic E-state index is 5.98. The van der Waals surface area contributed by atoms with E-state index in [1.54, 1.807) is 11.8 Å². The number of pyridine rings is 1. The molecule has 2 N–H and O–H groups in total. The summed E-state index contributed by atoms with van der Waals surface area (Å²) in [6, 6.07) is 16.0. The van der Waals surface area contributed by atoms with Crippen LogP contribution < -0.4 is 5.73 Å². The molecule has 0 spiro atoms. The molecule has 2 nitrogen and oxygen atoms in total. The molecule has 0 radical (unpaired) electrons. The number of anilines is 1. The minimum absolute atomic E-state index is 0.779. The molecule has 0 aliphatic rings. The van der Waals surface area contributed by atoms with Crippen molar-refractivity contribution in [2.75, 3.05) is 5.73 Å². The standard InChI is InChI=1S/C15H11BrN2S/c16-12-5-3-4-11-10(12)8-9-18-15(11)19-14-7-2-1-6-13(14)17/h1-9H,17H2. The molecule has 0 aliphatic heterocycles. The van der Waals surface area contributed by atoms with Gasteiger partial charge in [-0.15, -0.1) is 0 Å². The van der Waals surface area contributed by atoms with E-state index in [4.69, 9.17) is 5.73 Å². The van der Waals surface area contributed by atoms with Crippen molar-refractivity contribution in [2.24, 2.45) is 0 Å². The van der Waals surface area contributed by atoms with Gasteiger partial charge >= 0.3 is 0 Å². The van der Waals surface area contributed by atoms with E-state index >= 15 is 0 Å². The van der Waals surface area contributed by atoms with Gasteiger partial charge in [0.25, 0.3) is 0 Å². The summed E-state index contributed by atoms with van der Waals surface area (Å²) < 4.78 is 1.08.